The van der Waals surface area contributed by atoms with Crippen molar-refractivity contribution in [2.24, 2.45) is 5.41 Å². The average Bonchev–Trinajstić information content (AvgIpc) is 3.59. The Morgan fingerprint density at radius 1 is 1.00 bits per heavy atom. The molecule has 9 heteroatoms. The van der Waals surface area contributed by atoms with Crippen LogP contribution in [-0.2, 0) is 0 Å². The molecule has 4 aromatic rings. The Morgan fingerprint density at radius 3 is 2.65 bits per heavy atom. The fourth-order valence-electron chi connectivity index (χ4n) is 8.57. The lowest BCUT2D eigenvalue weighted by molar-refractivity contribution is 0.0133. The van der Waals surface area contributed by atoms with Crippen molar-refractivity contribution in [1.82, 2.24) is 20.2 Å². The third-order valence-corrected chi connectivity index (χ3v) is 10.5. The number of benzene rings is 3. The zero-order chi connectivity index (χ0) is 29.3. The largest absolute Gasteiger partial charge is 0.508 e. The highest BCUT2D eigenvalue weighted by Crippen LogP contribution is 2.47. The number of piperazine rings is 1. The molecular weight excluding hydrogens is 548 g/mol. The summed E-state index contributed by atoms with van der Waals surface area (Å²) in [5, 5.41) is 15.5. The van der Waals surface area contributed by atoms with Crippen LogP contribution in [0.2, 0.25) is 0 Å². The zero-order valence-corrected chi connectivity index (χ0v) is 24.5. The van der Waals surface area contributed by atoms with Gasteiger partial charge in [0.05, 0.1) is 6.61 Å². The van der Waals surface area contributed by atoms with Crippen LogP contribution in [0.4, 0.5) is 14.6 Å². The second kappa shape index (κ2) is 10.3. The van der Waals surface area contributed by atoms with Gasteiger partial charge in [-0.3, -0.25) is 0 Å². The number of ether oxygens (including phenoxy) is 1. The number of likely N-dealkylation sites (tertiary alicyclic amines) is 1. The van der Waals surface area contributed by atoms with Gasteiger partial charge in [-0.05, 0) is 87.3 Å². The number of nitrogens with zero attached hydrogens (tertiary/aromatic N) is 4. The third-order valence-electron chi connectivity index (χ3n) is 10.5. The third kappa shape index (κ3) is 4.51. The van der Waals surface area contributed by atoms with Gasteiger partial charge < -0.3 is 25.0 Å². The van der Waals surface area contributed by atoms with E-state index in [4.69, 9.17) is 9.72 Å². The van der Waals surface area contributed by atoms with E-state index in [1.807, 2.05) is 6.07 Å². The predicted molar refractivity (Wildman–Crippen MR) is 164 cm³/mol. The van der Waals surface area contributed by atoms with E-state index in [9.17, 15) is 5.11 Å². The molecule has 4 atom stereocenters. The Labute approximate surface area is 249 Å². The molecule has 2 N–H and O–H groups in total. The summed E-state index contributed by atoms with van der Waals surface area (Å²) in [5.41, 5.74) is 0.668. The number of halogens is 2. The van der Waals surface area contributed by atoms with E-state index < -0.39 is 11.6 Å². The van der Waals surface area contributed by atoms with E-state index in [1.165, 1.54) is 31.0 Å². The number of piperidine rings is 1. The normalized spacial score (nSPS) is 27.2. The van der Waals surface area contributed by atoms with Crippen molar-refractivity contribution in [3.8, 4) is 22.9 Å². The standard InChI is InChI=1S/C34H37F2N5O2/c1-40-14-4-13-34(12-3-7-28(34)40)19-43-33-38-31-25(32(39-33)41-17-21-8-9-22(18-41)37-21)11-10-24(30(31)36)26-16-23(42)15-20-5-2-6-27(35)29(20)26/h2,5-6,10-11,15-16,21-22,28,37,42H,3-4,7-9,12-14,17-19H2,1H3/t21?,22?,28-,34-/m1/s1. The van der Waals surface area contributed by atoms with Crippen LogP contribution in [-0.4, -0.2) is 71.4 Å². The predicted octanol–water partition coefficient (Wildman–Crippen LogP) is 6.02. The summed E-state index contributed by atoms with van der Waals surface area (Å²) in [5.74, 6) is -0.428. The second-order valence-electron chi connectivity index (χ2n) is 13.2. The molecular formula is C34H37F2N5O2. The Hall–Kier alpha value is -3.56. The van der Waals surface area contributed by atoms with Crippen LogP contribution in [0.3, 0.4) is 0 Å². The van der Waals surface area contributed by atoms with Crippen molar-refractivity contribution in [3.63, 3.8) is 0 Å². The highest BCUT2D eigenvalue weighted by atomic mass is 19.1. The Kier molecular flexibility index (Phi) is 6.45. The van der Waals surface area contributed by atoms with Crippen LogP contribution < -0.4 is 15.0 Å². The summed E-state index contributed by atoms with van der Waals surface area (Å²) in [6.45, 7) is 3.17. The maximum atomic E-state index is 16.7. The number of hydrogen-bond donors (Lipinski definition) is 2. The maximum absolute atomic E-state index is 16.7. The van der Waals surface area contributed by atoms with Gasteiger partial charge in [-0.2, -0.15) is 9.97 Å². The molecule has 0 radical (unpaired) electrons. The molecule has 4 heterocycles. The van der Waals surface area contributed by atoms with Crippen molar-refractivity contribution in [2.45, 2.75) is 63.1 Å². The first-order valence-electron chi connectivity index (χ1n) is 15.6. The minimum absolute atomic E-state index is 0.0536. The van der Waals surface area contributed by atoms with Gasteiger partial charge in [0.2, 0.25) is 0 Å². The number of rotatable bonds is 5. The van der Waals surface area contributed by atoms with Gasteiger partial charge >= 0.3 is 6.01 Å². The summed E-state index contributed by atoms with van der Waals surface area (Å²) >= 11 is 0. The molecule has 8 rings (SSSR count). The molecule has 0 spiro atoms. The Bertz CT molecular complexity index is 1720. The molecule has 1 saturated carbocycles. The van der Waals surface area contributed by atoms with E-state index >= 15 is 8.78 Å². The van der Waals surface area contributed by atoms with Gasteiger partial charge in [-0.15, -0.1) is 0 Å². The van der Waals surface area contributed by atoms with E-state index in [-0.39, 0.29) is 39.2 Å². The van der Waals surface area contributed by atoms with E-state index in [0.29, 0.717) is 41.3 Å². The van der Waals surface area contributed by atoms with Gasteiger partial charge in [0, 0.05) is 53.0 Å². The van der Waals surface area contributed by atoms with Gasteiger partial charge in [-0.1, -0.05) is 24.6 Å². The first kappa shape index (κ1) is 27.0. The minimum atomic E-state index is -0.575. The topological polar surface area (TPSA) is 73.8 Å². The van der Waals surface area contributed by atoms with Crippen LogP contribution in [0, 0.1) is 17.0 Å². The molecule has 1 aliphatic carbocycles. The highest BCUT2D eigenvalue weighted by molar-refractivity contribution is 6.01. The number of aromatic hydroxyl groups is 1. The molecule has 2 unspecified atom stereocenters. The van der Waals surface area contributed by atoms with Crippen LogP contribution in [0.25, 0.3) is 32.8 Å². The van der Waals surface area contributed by atoms with E-state index in [1.54, 1.807) is 18.2 Å². The van der Waals surface area contributed by atoms with Gasteiger partial charge in [0.25, 0.3) is 0 Å². The number of hydrogen-bond acceptors (Lipinski definition) is 7. The van der Waals surface area contributed by atoms with Crippen LogP contribution in [0.5, 0.6) is 11.8 Å². The number of phenols is 1. The van der Waals surface area contributed by atoms with E-state index in [0.717, 1.165) is 51.7 Å². The van der Waals surface area contributed by atoms with Crippen molar-refractivity contribution >= 4 is 27.5 Å². The lowest BCUT2D eigenvalue weighted by atomic mass is 9.76. The molecule has 4 fully saturated rings. The lowest BCUT2D eigenvalue weighted by Crippen LogP contribution is -2.51. The van der Waals surface area contributed by atoms with Crippen molar-refractivity contribution < 1.29 is 18.6 Å². The lowest BCUT2D eigenvalue weighted by Gasteiger charge is -2.44. The molecule has 224 valence electrons. The SMILES string of the molecule is CN1CCC[C@@]2(COc3nc(N4CC5CCC(C4)N5)c4ccc(-c5cc(O)cc6cccc(F)c56)c(F)c4n3)CCC[C@@H]12. The molecule has 2 bridgehead atoms. The minimum Gasteiger partial charge on any atom is -0.508 e. The number of anilines is 1. The quantitative estimate of drug-likeness (QED) is 0.297. The number of aromatic nitrogens is 2. The first-order valence-corrected chi connectivity index (χ1v) is 15.6. The Balaban J connectivity index is 1.25. The Morgan fingerprint density at radius 2 is 1.81 bits per heavy atom. The molecule has 0 amide bonds. The molecule has 3 saturated heterocycles. The van der Waals surface area contributed by atoms with Crippen molar-refractivity contribution in [1.29, 1.82) is 0 Å². The van der Waals surface area contributed by atoms with Crippen LogP contribution in [0.1, 0.15) is 44.9 Å². The fourth-order valence-corrected chi connectivity index (χ4v) is 8.57. The highest BCUT2D eigenvalue weighted by Gasteiger charge is 2.47. The molecule has 7 nitrogen and oxygen atoms in total. The summed E-state index contributed by atoms with van der Waals surface area (Å²) in [6.07, 6.45) is 7.92. The van der Waals surface area contributed by atoms with Crippen molar-refractivity contribution in [3.05, 3.63) is 54.1 Å². The van der Waals surface area contributed by atoms with Gasteiger partial charge in [-0.25, -0.2) is 8.78 Å². The van der Waals surface area contributed by atoms with Gasteiger partial charge in [0.15, 0.2) is 5.82 Å². The maximum Gasteiger partial charge on any atom is 0.319 e. The summed E-state index contributed by atoms with van der Waals surface area (Å²) in [4.78, 5) is 14.3. The summed E-state index contributed by atoms with van der Waals surface area (Å²) in [7, 11) is 2.21. The van der Waals surface area contributed by atoms with Crippen molar-refractivity contribution in [2.75, 3.05) is 38.2 Å². The first-order chi connectivity index (χ1) is 20.9. The number of phenolic OH excluding ortho intramolecular Hbond substituents is 1. The smallest absolute Gasteiger partial charge is 0.319 e. The van der Waals surface area contributed by atoms with E-state index in [2.05, 4.69) is 27.1 Å². The number of nitrogens with one attached hydrogen (secondary N) is 1. The number of fused-ring (bicyclic) bond motifs is 5. The molecule has 1 aromatic heterocycles. The second-order valence-corrected chi connectivity index (χ2v) is 13.2. The summed E-state index contributed by atoms with van der Waals surface area (Å²) in [6, 6.07) is 12.4. The fraction of sp³-hybridized carbons (Fsp3) is 0.471. The summed E-state index contributed by atoms with van der Waals surface area (Å²) < 4.78 is 38.3. The molecule has 43 heavy (non-hydrogen) atoms. The monoisotopic (exact) mass is 585 g/mol. The zero-order valence-electron chi connectivity index (χ0n) is 24.5. The van der Waals surface area contributed by atoms with Gasteiger partial charge in [0.1, 0.15) is 22.9 Å². The van der Waals surface area contributed by atoms with Crippen LogP contribution >= 0.6 is 0 Å². The molecule has 3 aromatic carbocycles. The van der Waals surface area contributed by atoms with Crippen LogP contribution in [0.15, 0.2) is 42.5 Å². The average molecular weight is 586 g/mol. The molecule has 3 aliphatic heterocycles. The molecule has 4 aliphatic rings.